The van der Waals surface area contributed by atoms with Crippen molar-refractivity contribution in [2.24, 2.45) is 7.05 Å². The molecule has 1 fully saturated rings. The molecule has 0 aliphatic carbocycles. The van der Waals surface area contributed by atoms with Crippen molar-refractivity contribution in [2.45, 2.75) is 58.8 Å². The van der Waals surface area contributed by atoms with Gasteiger partial charge < -0.3 is 10.0 Å². The molecule has 0 saturated carbocycles. The standard InChI is InChI=1S/C29H35N7O2/c1-18-13-25-23(26(33-34(25)6)24-10-12-31-28(32-24)29(4,5)38)14-22(18)27(37)36-16-19(2)35(15-20(36)3)17-21-9-7-8-11-30-21/h7-14,19-20,38H,15-17H2,1-6H3. The first-order chi connectivity index (χ1) is 18.0. The molecule has 198 valence electrons. The molecule has 9 nitrogen and oxygen atoms in total. The Balaban J connectivity index is 1.46. The molecule has 9 heteroatoms. The molecular weight excluding hydrogens is 478 g/mol. The number of pyridine rings is 1. The number of piperazine rings is 1. The summed E-state index contributed by atoms with van der Waals surface area (Å²) in [5, 5.41) is 16.0. The molecule has 1 saturated heterocycles. The van der Waals surface area contributed by atoms with Crippen molar-refractivity contribution in [3.05, 3.63) is 71.4 Å². The Morgan fingerprint density at radius 1 is 1.08 bits per heavy atom. The Kier molecular flexibility index (Phi) is 6.75. The molecule has 1 aromatic carbocycles. The quantitative estimate of drug-likeness (QED) is 0.434. The normalized spacial score (nSPS) is 18.8. The number of aryl methyl sites for hydroxylation is 2. The summed E-state index contributed by atoms with van der Waals surface area (Å²) in [5.41, 5.74) is 3.62. The maximum atomic E-state index is 13.9. The number of hydrogen-bond donors (Lipinski definition) is 1. The fraction of sp³-hybridized carbons (Fsp3) is 0.414. The fourth-order valence-corrected chi connectivity index (χ4v) is 5.17. The number of hydrogen-bond acceptors (Lipinski definition) is 7. The van der Waals surface area contributed by atoms with E-state index in [1.807, 2.05) is 55.4 Å². The number of aromatic nitrogens is 5. The zero-order valence-corrected chi connectivity index (χ0v) is 22.9. The van der Waals surface area contributed by atoms with Crippen LogP contribution in [0.5, 0.6) is 0 Å². The van der Waals surface area contributed by atoms with Gasteiger partial charge in [-0.1, -0.05) is 6.07 Å². The van der Waals surface area contributed by atoms with Crippen LogP contribution in [0.1, 0.15) is 55.1 Å². The Labute approximate surface area is 223 Å². The van der Waals surface area contributed by atoms with Gasteiger partial charge in [0.1, 0.15) is 11.3 Å². The predicted molar refractivity (Wildman–Crippen MR) is 146 cm³/mol. The minimum absolute atomic E-state index is 0.0240. The van der Waals surface area contributed by atoms with Crippen molar-refractivity contribution >= 4 is 16.8 Å². The third-order valence-electron chi connectivity index (χ3n) is 7.34. The Morgan fingerprint density at radius 2 is 1.87 bits per heavy atom. The van der Waals surface area contributed by atoms with Crippen LogP contribution in [0.3, 0.4) is 0 Å². The van der Waals surface area contributed by atoms with E-state index >= 15 is 0 Å². The van der Waals surface area contributed by atoms with Gasteiger partial charge in [-0.3, -0.25) is 19.4 Å². The molecule has 4 aromatic rings. The molecular formula is C29H35N7O2. The Morgan fingerprint density at radius 3 is 2.58 bits per heavy atom. The SMILES string of the molecule is Cc1cc2c(cc1C(=O)N1CC(C)N(Cc3ccccn3)CC1C)c(-c1ccnc(C(C)(C)O)n1)nn2C. The molecule has 1 aliphatic rings. The maximum absolute atomic E-state index is 13.9. The van der Waals surface area contributed by atoms with Crippen LogP contribution in [-0.2, 0) is 19.2 Å². The summed E-state index contributed by atoms with van der Waals surface area (Å²) in [5.74, 6) is 0.347. The molecule has 0 spiro atoms. The number of fused-ring (bicyclic) bond motifs is 1. The van der Waals surface area contributed by atoms with Crippen LogP contribution in [0.2, 0.25) is 0 Å². The molecule has 1 aliphatic heterocycles. The molecule has 0 radical (unpaired) electrons. The van der Waals surface area contributed by atoms with E-state index in [0.717, 1.165) is 35.2 Å². The van der Waals surface area contributed by atoms with E-state index in [9.17, 15) is 9.90 Å². The first-order valence-corrected chi connectivity index (χ1v) is 13.0. The van der Waals surface area contributed by atoms with Crippen LogP contribution in [0.25, 0.3) is 22.3 Å². The molecule has 2 unspecified atom stereocenters. The van der Waals surface area contributed by atoms with Gasteiger partial charge in [-0.05, 0) is 70.5 Å². The summed E-state index contributed by atoms with van der Waals surface area (Å²) in [6, 6.07) is 12.0. The van der Waals surface area contributed by atoms with Crippen molar-refractivity contribution in [1.29, 1.82) is 0 Å². The molecule has 4 heterocycles. The van der Waals surface area contributed by atoms with Crippen molar-refractivity contribution in [3.63, 3.8) is 0 Å². The maximum Gasteiger partial charge on any atom is 0.254 e. The van der Waals surface area contributed by atoms with Crippen molar-refractivity contribution in [2.75, 3.05) is 13.1 Å². The minimum atomic E-state index is -1.18. The van der Waals surface area contributed by atoms with E-state index in [2.05, 4.69) is 33.7 Å². The fourth-order valence-electron chi connectivity index (χ4n) is 5.17. The molecule has 3 aromatic heterocycles. The van der Waals surface area contributed by atoms with E-state index in [0.29, 0.717) is 29.3 Å². The van der Waals surface area contributed by atoms with Crippen molar-refractivity contribution < 1.29 is 9.90 Å². The summed E-state index contributed by atoms with van der Waals surface area (Å²) in [6.07, 6.45) is 3.45. The van der Waals surface area contributed by atoms with Crippen molar-refractivity contribution in [1.82, 2.24) is 34.5 Å². The average molecular weight is 514 g/mol. The summed E-state index contributed by atoms with van der Waals surface area (Å²) in [6.45, 7) is 11.7. The van der Waals surface area contributed by atoms with E-state index in [4.69, 9.17) is 5.10 Å². The lowest BCUT2D eigenvalue weighted by molar-refractivity contribution is 0.0286. The van der Waals surface area contributed by atoms with E-state index in [1.165, 1.54) is 0 Å². The number of carbonyl (C=O) groups excluding carboxylic acids is 1. The van der Waals surface area contributed by atoms with Crippen LogP contribution >= 0.6 is 0 Å². The first-order valence-electron chi connectivity index (χ1n) is 13.0. The second kappa shape index (κ2) is 9.89. The lowest BCUT2D eigenvalue weighted by Gasteiger charge is -2.44. The van der Waals surface area contributed by atoms with Crippen LogP contribution in [0.15, 0.2) is 48.8 Å². The van der Waals surface area contributed by atoms with Crippen LogP contribution < -0.4 is 0 Å². The number of rotatable bonds is 5. The molecule has 1 amide bonds. The first kappa shape index (κ1) is 25.9. The third-order valence-corrected chi connectivity index (χ3v) is 7.34. The van der Waals surface area contributed by atoms with Gasteiger partial charge in [0.25, 0.3) is 5.91 Å². The third kappa shape index (κ3) is 4.91. The van der Waals surface area contributed by atoms with Gasteiger partial charge in [-0.15, -0.1) is 0 Å². The number of nitrogens with zero attached hydrogens (tertiary/aromatic N) is 7. The summed E-state index contributed by atoms with van der Waals surface area (Å²) >= 11 is 0. The van der Waals surface area contributed by atoms with Gasteiger partial charge in [-0.25, -0.2) is 9.97 Å². The monoisotopic (exact) mass is 513 g/mol. The molecule has 1 N–H and O–H groups in total. The smallest absolute Gasteiger partial charge is 0.254 e. The number of benzene rings is 1. The second-order valence-corrected chi connectivity index (χ2v) is 10.9. The topological polar surface area (TPSA) is 100 Å². The number of carbonyl (C=O) groups is 1. The van der Waals surface area contributed by atoms with Crippen molar-refractivity contribution in [3.8, 4) is 11.4 Å². The number of aliphatic hydroxyl groups is 1. The second-order valence-electron chi connectivity index (χ2n) is 10.9. The molecule has 2 atom stereocenters. The van der Waals surface area contributed by atoms with Gasteiger partial charge in [0.2, 0.25) is 0 Å². The largest absolute Gasteiger partial charge is 0.382 e. The zero-order chi connectivity index (χ0) is 27.2. The van der Waals surface area contributed by atoms with Gasteiger partial charge >= 0.3 is 0 Å². The van der Waals surface area contributed by atoms with Gasteiger partial charge in [0, 0.05) is 62.1 Å². The minimum Gasteiger partial charge on any atom is -0.382 e. The molecule has 38 heavy (non-hydrogen) atoms. The van der Waals surface area contributed by atoms with Gasteiger partial charge in [0.15, 0.2) is 5.82 Å². The van der Waals surface area contributed by atoms with Crippen LogP contribution in [0, 0.1) is 6.92 Å². The zero-order valence-electron chi connectivity index (χ0n) is 22.9. The predicted octanol–water partition coefficient (Wildman–Crippen LogP) is 3.70. The highest BCUT2D eigenvalue weighted by Gasteiger charge is 2.33. The van der Waals surface area contributed by atoms with Gasteiger partial charge in [-0.2, -0.15) is 5.10 Å². The van der Waals surface area contributed by atoms with Gasteiger partial charge in [0.05, 0.1) is 16.9 Å². The number of amides is 1. The Bertz CT molecular complexity index is 1480. The van der Waals surface area contributed by atoms with E-state index in [1.54, 1.807) is 30.8 Å². The van der Waals surface area contributed by atoms with Crippen LogP contribution in [-0.4, -0.2) is 70.7 Å². The highest BCUT2D eigenvalue weighted by molar-refractivity contribution is 6.03. The molecule has 5 rings (SSSR count). The lowest BCUT2D eigenvalue weighted by Crippen LogP contribution is -2.57. The summed E-state index contributed by atoms with van der Waals surface area (Å²) in [7, 11) is 1.88. The van der Waals surface area contributed by atoms with E-state index < -0.39 is 5.60 Å². The highest BCUT2D eigenvalue weighted by atomic mass is 16.3. The Hall–Kier alpha value is -3.69. The van der Waals surface area contributed by atoms with Crippen LogP contribution in [0.4, 0.5) is 0 Å². The molecule has 0 bridgehead atoms. The average Bonchev–Trinajstić information content (AvgIpc) is 3.20. The summed E-state index contributed by atoms with van der Waals surface area (Å²) < 4.78 is 1.80. The van der Waals surface area contributed by atoms with E-state index in [-0.39, 0.29) is 18.0 Å². The summed E-state index contributed by atoms with van der Waals surface area (Å²) in [4.78, 5) is 31.6. The lowest BCUT2D eigenvalue weighted by atomic mass is 10.00. The highest BCUT2D eigenvalue weighted by Crippen LogP contribution is 2.31.